The lowest BCUT2D eigenvalue weighted by Crippen LogP contribution is -2.26. The molecule has 1 aromatic carbocycles. The second kappa shape index (κ2) is 3.37. The average molecular weight is 214 g/mol. The van der Waals surface area contributed by atoms with Gasteiger partial charge in [0.15, 0.2) is 0 Å². The number of amides is 1. The summed E-state index contributed by atoms with van der Waals surface area (Å²) >= 11 is 0. The van der Waals surface area contributed by atoms with E-state index in [-0.39, 0.29) is 5.91 Å². The second-order valence-electron chi connectivity index (χ2n) is 4.23. The first kappa shape index (κ1) is 9.46. The summed E-state index contributed by atoms with van der Waals surface area (Å²) in [5, 5.41) is 4.04. The largest absolute Gasteiger partial charge is 0.348 e. The number of hydrogen-bond donors (Lipinski definition) is 1. The Bertz CT molecular complexity index is 569. The molecule has 3 heteroatoms. The topological polar surface area (TPSA) is 34.0 Å². The minimum Gasteiger partial charge on any atom is -0.348 e. The minimum absolute atomic E-state index is 0.0485. The summed E-state index contributed by atoms with van der Waals surface area (Å²) in [6.07, 6.45) is 3.27. The number of nitrogens with one attached hydrogen (secondary N) is 1. The van der Waals surface area contributed by atoms with Gasteiger partial charge in [0, 0.05) is 35.8 Å². The molecule has 0 radical (unpaired) electrons. The van der Waals surface area contributed by atoms with Gasteiger partial charge in [-0.1, -0.05) is 13.0 Å². The molecule has 1 aliphatic heterocycles. The van der Waals surface area contributed by atoms with E-state index in [1.807, 2.05) is 12.1 Å². The third-order valence-electron chi connectivity index (χ3n) is 3.13. The third kappa shape index (κ3) is 1.18. The van der Waals surface area contributed by atoms with Gasteiger partial charge in [0.25, 0.3) is 5.91 Å². The van der Waals surface area contributed by atoms with Crippen LogP contribution in [-0.4, -0.2) is 10.5 Å². The maximum absolute atomic E-state index is 11.7. The Balaban J connectivity index is 2.33. The van der Waals surface area contributed by atoms with E-state index < -0.39 is 0 Å². The molecule has 2 heterocycles. The normalized spacial score (nSPS) is 14.2. The SMILES string of the molecule is CCCn1cc2c3c(cccc31)C(=O)NC2. The highest BCUT2D eigenvalue weighted by atomic mass is 16.1. The minimum atomic E-state index is 0.0485. The molecule has 0 bridgehead atoms. The molecule has 2 aromatic rings. The summed E-state index contributed by atoms with van der Waals surface area (Å²) < 4.78 is 2.24. The summed E-state index contributed by atoms with van der Waals surface area (Å²) in [5.41, 5.74) is 3.23. The van der Waals surface area contributed by atoms with Crippen LogP contribution in [0.4, 0.5) is 0 Å². The van der Waals surface area contributed by atoms with Crippen LogP contribution >= 0.6 is 0 Å². The van der Waals surface area contributed by atoms with Crippen molar-refractivity contribution in [3.63, 3.8) is 0 Å². The zero-order chi connectivity index (χ0) is 11.1. The van der Waals surface area contributed by atoms with Crippen LogP contribution in [0.5, 0.6) is 0 Å². The summed E-state index contributed by atoms with van der Waals surface area (Å²) in [6, 6.07) is 5.95. The van der Waals surface area contributed by atoms with Crippen LogP contribution in [0.15, 0.2) is 24.4 Å². The standard InChI is InChI=1S/C13H14N2O/c1-2-6-15-8-9-7-14-13(16)10-4-3-5-11(15)12(9)10/h3-5,8H,2,6-7H2,1H3,(H,14,16). The molecule has 0 saturated heterocycles. The van der Waals surface area contributed by atoms with Crippen molar-refractivity contribution >= 4 is 16.8 Å². The van der Waals surface area contributed by atoms with Gasteiger partial charge in [-0.15, -0.1) is 0 Å². The molecule has 0 atom stereocenters. The molecule has 0 spiro atoms. The van der Waals surface area contributed by atoms with Crippen LogP contribution in [0.1, 0.15) is 29.3 Å². The number of aryl methyl sites for hydroxylation is 1. The Hall–Kier alpha value is -1.77. The van der Waals surface area contributed by atoms with Crippen molar-refractivity contribution in [2.24, 2.45) is 0 Å². The van der Waals surface area contributed by atoms with Crippen LogP contribution in [-0.2, 0) is 13.1 Å². The van der Waals surface area contributed by atoms with Crippen molar-refractivity contribution in [1.82, 2.24) is 9.88 Å². The van der Waals surface area contributed by atoms with E-state index in [1.54, 1.807) is 0 Å². The fourth-order valence-electron chi connectivity index (χ4n) is 2.46. The Labute approximate surface area is 94.1 Å². The molecule has 1 aromatic heterocycles. The van der Waals surface area contributed by atoms with Gasteiger partial charge in [-0.2, -0.15) is 0 Å². The van der Waals surface area contributed by atoms with E-state index in [9.17, 15) is 4.79 Å². The molecule has 0 fully saturated rings. The summed E-state index contributed by atoms with van der Waals surface area (Å²) in [6.45, 7) is 3.83. The van der Waals surface area contributed by atoms with E-state index in [0.29, 0.717) is 6.54 Å². The van der Waals surface area contributed by atoms with Crippen molar-refractivity contribution in [2.45, 2.75) is 26.4 Å². The number of carbonyl (C=O) groups excluding carboxylic acids is 1. The molecular weight excluding hydrogens is 200 g/mol. The van der Waals surface area contributed by atoms with Gasteiger partial charge in [-0.3, -0.25) is 4.79 Å². The Morgan fingerprint density at radius 2 is 2.31 bits per heavy atom. The van der Waals surface area contributed by atoms with E-state index in [4.69, 9.17) is 0 Å². The number of benzene rings is 1. The van der Waals surface area contributed by atoms with Crippen LogP contribution in [0.2, 0.25) is 0 Å². The van der Waals surface area contributed by atoms with Gasteiger partial charge >= 0.3 is 0 Å². The van der Waals surface area contributed by atoms with Gasteiger partial charge in [-0.25, -0.2) is 0 Å². The predicted molar refractivity (Wildman–Crippen MR) is 63.4 cm³/mol. The fraction of sp³-hybridized carbons (Fsp3) is 0.308. The zero-order valence-corrected chi connectivity index (χ0v) is 9.29. The highest BCUT2D eigenvalue weighted by Gasteiger charge is 2.20. The highest BCUT2D eigenvalue weighted by molar-refractivity contribution is 6.09. The molecule has 3 rings (SSSR count). The lowest BCUT2D eigenvalue weighted by Gasteiger charge is -2.12. The first-order valence-electron chi connectivity index (χ1n) is 5.70. The lowest BCUT2D eigenvalue weighted by atomic mass is 10.0. The molecule has 1 aliphatic rings. The van der Waals surface area contributed by atoms with Gasteiger partial charge < -0.3 is 9.88 Å². The molecule has 0 saturated carbocycles. The summed E-state index contributed by atoms with van der Waals surface area (Å²) in [4.78, 5) is 11.7. The smallest absolute Gasteiger partial charge is 0.252 e. The van der Waals surface area contributed by atoms with Gasteiger partial charge in [-0.05, 0) is 24.1 Å². The molecule has 3 nitrogen and oxygen atoms in total. The number of aromatic nitrogens is 1. The number of hydrogen-bond acceptors (Lipinski definition) is 1. The second-order valence-corrected chi connectivity index (χ2v) is 4.23. The Kier molecular flexibility index (Phi) is 1.99. The van der Waals surface area contributed by atoms with Crippen LogP contribution in [0, 0.1) is 0 Å². The predicted octanol–water partition coefficient (Wildman–Crippen LogP) is 2.29. The van der Waals surface area contributed by atoms with Crippen LogP contribution in [0.25, 0.3) is 10.9 Å². The molecular formula is C13H14N2O. The van der Waals surface area contributed by atoms with Gasteiger partial charge in [0.05, 0.1) is 0 Å². The summed E-state index contributed by atoms with van der Waals surface area (Å²) in [5.74, 6) is 0.0485. The lowest BCUT2D eigenvalue weighted by molar-refractivity contribution is 0.0949. The molecule has 0 unspecified atom stereocenters. The van der Waals surface area contributed by atoms with E-state index in [2.05, 4.69) is 29.1 Å². The molecule has 0 aliphatic carbocycles. The van der Waals surface area contributed by atoms with E-state index in [0.717, 1.165) is 23.9 Å². The van der Waals surface area contributed by atoms with Crippen LogP contribution in [0.3, 0.4) is 0 Å². The molecule has 1 N–H and O–H groups in total. The summed E-state index contributed by atoms with van der Waals surface area (Å²) in [7, 11) is 0. The van der Waals surface area contributed by atoms with Crippen molar-refractivity contribution < 1.29 is 4.79 Å². The van der Waals surface area contributed by atoms with Crippen molar-refractivity contribution in [1.29, 1.82) is 0 Å². The monoisotopic (exact) mass is 214 g/mol. The number of carbonyl (C=O) groups is 1. The van der Waals surface area contributed by atoms with E-state index >= 15 is 0 Å². The number of rotatable bonds is 2. The van der Waals surface area contributed by atoms with Crippen molar-refractivity contribution in [3.05, 3.63) is 35.5 Å². The van der Waals surface area contributed by atoms with Crippen molar-refractivity contribution in [3.8, 4) is 0 Å². The Morgan fingerprint density at radius 3 is 3.12 bits per heavy atom. The van der Waals surface area contributed by atoms with Gasteiger partial charge in [0.1, 0.15) is 0 Å². The van der Waals surface area contributed by atoms with Crippen LogP contribution < -0.4 is 5.32 Å². The molecule has 16 heavy (non-hydrogen) atoms. The highest BCUT2D eigenvalue weighted by Crippen LogP contribution is 2.28. The zero-order valence-electron chi connectivity index (χ0n) is 9.29. The quantitative estimate of drug-likeness (QED) is 0.817. The maximum atomic E-state index is 11.7. The maximum Gasteiger partial charge on any atom is 0.252 e. The van der Waals surface area contributed by atoms with Crippen molar-refractivity contribution in [2.75, 3.05) is 0 Å². The Morgan fingerprint density at radius 1 is 1.44 bits per heavy atom. The third-order valence-corrected chi connectivity index (χ3v) is 3.13. The average Bonchev–Trinajstić information content (AvgIpc) is 2.65. The first-order chi connectivity index (χ1) is 7.81. The molecule has 82 valence electrons. The van der Waals surface area contributed by atoms with E-state index in [1.165, 1.54) is 11.1 Å². The molecule has 1 amide bonds. The first-order valence-corrected chi connectivity index (χ1v) is 5.70. The number of nitrogens with zero attached hydrogens (tertiary/aromatic N) is 1. The van der Waals surface area contributed by atoms with Gasteiger partial charge in [0.2, 0.25) is 0 Å². The fourth-order valence-corrected chi connectivity index (χ4v) is 2.46.